The first-order valence-electron chi connectivity index (χ1n) is 5.35. The van der Waals surface area contributed by atoms with Gasteiger partial charge in [-0.15, -0.1) is 0 Å². The maximum absolute atomic E-state index is 12.3. The molecule has 15 heavy (non-hydrogen) atoms. The van der Waals surface area contributed by atoms with Crippen LogP contribution in [0.2, 0.25) is 0 Å². The van der Waals surface area contributed by atoms with Crippen LogP contribution in [0.3, 0.4) is 0 Å². The maximum Gasteiger partial charge on any atom is 0.450 e. The van der Waals surface area contributed by atoms with Crippen LogP contribution < -0.4 is 0 Å². The third-order valence-corrected chi connectivity index (χ3v) is 4.47. The van der Waals surface area contributed by atoms with Crippen molar-refractivity contribution >= 4 is 5.78 Å². The quantitative estimate of drug-likeness (QED) is 0.663. The number of carbonyl (C=O) groups excluding carboxylic acids is 1. The van der Waals surface area contributed by atoms with E-state index in [9.17, 15) is 18.0 Å². The van der Waals surface area contributed by atoms with Crippen LogP contribution in [0.4, 0.5) is 13.2 Å². The van der Waals surface area contributed by atoms with Crippen LogP contribution in [-0.4, -0.2) is 12.0 Å². The van der Waals surface area contributed by atoms with E-state index in [1.165, 1.54) is 0 Å². The second-order valence-electron chi connectivity index (χ2n) is 5.41. The minimum Gasteiger partial charge on any atom is -0.289 e. The van der Waals surface area contributed by atoms with Gasteiger partial charge in [0.1, 0.15) is 0 Å². The molecule has 86 valence electrons. The van der Waals surface area contributed by atoms with Crippen molar-refractivity contribution in [1.82, 2.24) is 0 Å². The Bertz CT molecular complexity index is 291. The first-order valence-corrected chi connectivity index (χ1v) is 5.35. The first kappa shape index (κ1) is 11.0. The zero-order valence-electron chi connectivity index (χ0n) is 8.90. The van der Waals surface area contributed by atoms with E-state index in [-0.39, 0.29) is 11.3 Å². The number of ketones is 1. The van der Waals surface area contributed by atoms with E-state index in [1.807, 2.05) is 13.8 Å². The van der Waals surface area contributed by atoms with Gasteiger partial charge >= 0.3 is 6.18 Å². The average molecular weight is 220 g/mol. The molecule has 0 aromatic carbocycles. The fraction of sp³-hybridized carbons (Fsp3) is 0.909. The number of fused-ring (bicyclic) bond motifs is 2. The highest BCUT2D eigenvalue weighted by atomic mass is 19.4. The molecule has 4 heteroatoms. The van der Waals surface area contributed by atoms with Gasteiger partial charge in [-0.05, 0) is 36.5 Å². The van der Waals surface area contributed by atoms with Crippen molar-refractivity contribution in [3.8, 4) is 0 Å². The van der Waals surface area contributed by atoms with E-state index in [2.05, 4.69) is 0 Å². The third-order valence-electron chi connectivity index (χ3n) is 4.47. The Labute approximate surface area is 87.0 Å². The molecule has 0 aromatic heterocycles. The van der Waals surface area contributed by atoms with Gasteiger partial charge < -0.3 is 0 Å². The number of Topliss-reactive ketones (excluding diaryl/α,β-unsaturated/α-hetero) is 1. The number of carbonyl (C=O) groups is 1. The van der Waals surface area contributed by atoms with Gasteiger partial charge in [-0.25, -0.2) is 0 Å². The van der Waals surface area contributed by atoms with E-state index in [0.29, 0.717) is 12.3 Å². The van der Waals surface area contributed by atoms with Crippen LogP contribution in [-0.2, 0) is 4.79 Å². The van der Waals surface area contributed by atoms with Crippen molar-refractivity contribution in [3.63, 3.8) is 0 Å². The Balaban J connectivity index is 2.15. The predicted octanol–water partition coefficient (Wildman–Crippen LogP) is 3.19. The highest BCUT2D eigenvalue weighted by Gasteiger charge is 2.59. The van der Waals surface area contributed by atoms with Crippen LogP contribution in [0.25, 0.3) is 0 Å². The predicted molar refractivity (Wildman–Crippen MR) is 49.2 cm³/mol. The topological polar surface area (TPSA) is 17.1 Å². The van der Waals surface area contributed by atoms with Crippen LogP contribution in [0.15, 0.2) is 0 Å². The molecule has 0 heterocycles. The lowest BCUT2D eigenvalue weighted by Gasteiger charge is -2.59. The molecular weight excluding hydrogens is 205 g/mol. The Kier molecular flexibility index (Phi) is 2.18. The fourth-order valence-electron chi connectivity index (χ4n) is 3.33. The Morgan fingerprint density at radius 3 is 2.27 bits per heavy atom. The molecule has 0 aromatic rings. The summed E-state index contributed by atoms with van der Waals surface area (Å²) in [5.74, 6) is -1.80. The lowest BCUT2D eigenvalue weighted by Crippen LogP contribution is -2.55. The summed E-state index contributed by atoms with van der Waals surface area (Å²) in [6.07, 6.45) is -2.64. The molecule has 0 spiro atoms. The van der Waals surface area contributed by atoms with Crippen molar-refractivity contribution in [3.05, 3.63) is 0 Å². The lowest BCUT2D eigenvalue weighted by atomic mass is 9.45. The van der Waals surface area contributed by atoms with Gasteiger partial charge in [-0.1, -0.05) is 13.8 Å². The zero-order chi connectivity index (χ0) is 11.4. The summed E-state index contributed by atoms with van der Waals surface area (Å²) in [4.78, 5) is 11.2. The van der Waals surface area contributed by atoms with Crippen LogP contribution in [0.1, 0.15) is 33.1 Å². The summed E-state index contributed by atoms with van der Waals surface area (Å²) in [5, 5.41) is 0. The SMILES string of the molecule is CC1(C)C2CCC(C(=O)C(F)(F)F)C1C2. The lowest BCUT2D eigenvalue weighted by molar-refractivity contribution is -0.191. The number of halogens is 3. The van der Waals surface area contributed by atoms with Gasteiger partial charge in [0.05, 0.1) is 0 Å². The summed E-state index contributed by atoms with van der Waals surface area (Å²) < 4.78 is 37.0. The molecule has 0 radical (unpaired) electrons. The minimum atomic E-state index is -4.65. The summed E-state index contributed by atoms with van der Waals surface area (Å²) in [7, 11) is 0. The Morgan fingerprint density at radius 1 is 1.27 bits per heavy atom. The van der Waals surface area contributed by atoms with Gasteiger partial charge in [0, 0.05) is 5.92 Å². The molecule has 0 saturated heterocycles. The van der Waals surface area contributed by atoms with E-state index in [1.54, 1.807) is 0 Å². The molecule has 3 aliphatic rings. The summed E-state index contributed by atoms with van der Waals surface area (Å²) in [6.45, 7) is 3.98. The standard InChI is InChI=1S/C11H15F3O/c1-10(2)6-3-4-7(8(10)5-6)9(15)11(12,13)14/h6-8H,3-5H2,1-2H3. The maximum atomic E-state index is 12.3. The molecule has 2 bridgehead atoms. The van der Waals surface area contributed by atoms with Gasteiger partial charge in [-0.2, -0.15) is 13.2 Å². The van der Waals surface area contributed by atoms with Crippen molar-refractivity contribution in [2.45, 2.75) is 39.3 Å². The van der Waals surface area contributed by atoms with Gasteiger partial charge in [0.25, 0.3) is 0 Å². The molecule has 3 atom stereocenters. The summed E-state index contributed by atoms with van der Waals surface area (Å²) >= 11 is 0. The molecule has 0 N–H and O–H groups in total. The highest BCUT2D eigenvalue weighted by Crippen LogP contribution is 2.62. The Hall–Kier alpha value is -0.540. The number of hydrogen-bond donors (Lipinski definition) is 0. The largest absolute Gasteiger partial charge is 0.450 e. The molecule has 3 aliphatic carbocycles. The van der Waals surface area contributed by atoms with Gasteiger partial charge in [0.2, 0.25) is 5.78 Å². The van der Waals surface area contributed by atoms with Crippen LogP contribution in [0.5, 0.6) is 0 Å². The van der Waals surface area contributed by atoms with Crippen molar-refractivity contribution in [1.29, 1.82) is 0 Å². The average Bonchev–Trinajstić information content (AvgIpc) is 2.15. The molecule has 0 aliphatic heterocycles. The van der Waals surface area contributed by atoms with E-state index >= 15 is 0 Å². The van der Waals surface area contributed by atoms with Gasteiger partial charge in [0.15, 0.2) is 0 Å². The molecule has 0 amide bonds. The summed E-state index contributed by atoms with van der Waals surface area (Å²) in [5.41, 5.74) is -0.0656. The van der Waals surface area contributed by atoms with E-state index < -0.39 is 17.9 Å². The normalized spacial score (nSPS) is 38.3. The minimum absolute atomic E-state index is 0.0506. The third kappa shape index (κ3) is 1.49. The van der Waals surface area contributed by atoms with Crippen molar-refractivity contribution in [2.24, 2.45) is 23.2 Å². The highest BCUT2D eigenvalue weighted by molar-refractivity contribution is 5.87. The second-order valence-corrected chi connectivity index (χ2v) is 5.41. The monoisotopic (exact) mass is 220 g/mol. The number of rotatable bonds is 1. The van der Waals surface area contributed by atoms with E-state index in [0.717, 1.165) is 12.8 Å². The summed E-state index contributed by atoms with van der Waals surface area (Å²) in [6, 6.07) is 0. The van der Waals surface area contributed by atoms with Crippen molar-refractivity contribution in [2.75, 3.05) is 0 Å². The fourth-order valence-corrected chi connectivity index (χ4v) is 3.33. The molecule has 3 unspecified atom stereocenters. The molecule has 3 saturated carbocycles. The molecular formula is C11H15F3O. The number of hydrogen-bond acceptors (Lipinski definition) is 1. The van der Waals surface area contributed by atoms with Crippen LogP contribution >= 0.6 is 0 Å². The molecule has 3 fully saturated rings. The Morgan fingerprint density at radius 2 is 1.87 bits per heavy atom. The van der Waals surface area contributed by atoms with Crippen LogP contribution in [0, 0.1) is 23.2 Å². The molecule has 3 rings (SSSR count). The second kappa shape index (κ2) is 2.98. The van der Waals surface area contributed by atoms with Gasteiger partial charge in [-0.3, -0.25) is 4.79 Å². The number of alkyl halides is 3. The first-order chi connectivity index (χ1) is 6.74. The smallest absolute Gasteiger partial charge is 0.289 e. The van der Waals surface area contributed by atoms with E-state index in [4.69, 9.17) is 0 Å². The molecule has 1 nitrogen and oxygen atoms in total. The van der Waals surface area contributed by atoms with Crippen molar-refractivity contribution < 1.29 is 18.0 Å². The zero-order valence-corrected chi connectivity index (χ0v) is 8.90.